The number of phenolic OH excluding ortho intramolecular Hbond substituents is 7. The van der Waals surface area contributed by atoms with E-state index in [1.54, 1.807) is 0 Å². The third-order valence-corrected chi connectivity index (χ3v) is 7.53. The van der Waals surface area contributed by atoms with Crippen LogP contribution in [0.1, 0.15) is 21.5 Å². The zero-order valence-electron chi connectivity index (χ0n) is 21.0. The molecule has 0 spiro atoms. The molecule has 7 N–H and O–H groups in total. The van der Waals surface area contributed by atoms with Crippen molar-refractivity contribution in [3.8, 4) is 62.9 Å². The number of ether oxygens (including phenoxy) is 2. The first-order chi connectivity index (χ1) is 20.0. The van der Waals surface area contributed by atoms with Crippen molar-refractivity contribution in [2.75, 3.05) is 0 Å². The van der Waals surface area contributed by atoms with Crippen molar-refractivity contribution in [1.29, 1.82) is 0 Å². The monoisotopic (exact) mass is 570 g/mol. The lowest BCUT2D eigenvalue weighted by atomic mass is 9.67. The van der Waals surface area contributed by atoms with Gasteiger partial charge in [0.1, 0.15) is 74.5 Å². The van der Waals surface area contributed by atoms with E-state index >= 15 is 0 Å². The van der Waals surface area contributed by atoms with Crippen LogP contribution in [0.25, 0.3) is 22.1 Å². The summed E-state index contributed by atoms with van der Waals surface area (Å²) < 4.78 is 17.3. The highest BCUT2D eigenvalue weighted by atomic mass is 16.7. The molecule has 0 saturated heterocycles. The van der Waals surface area contributed by atoms with E-state index < -0.39 is 51.7 Å². The third-order valence-electron chi connectivity index (χ3n) is 7.53. The third kappa shape index (κ3) is 3.17. The molecular weight excluding hydrogens is 552 g/mol. The second-order valence-corrected chi connectivity index (χ2v) is 9.93. The molecule has 0 radical (unpaired) electrons. The van der Waals surface area contributed by atoms with Crippen LogP contribution in [-0.2, 0) is 5.41 Å². The normalized spacial score (nSPS) is 18.6. The first-order valence-corrected chi connectivity index (χ1v) is 12.3. The fraction of sp³-hybridized carbons (Fsp3) is 0.0667. The van der Waals surface area contributed by atoms with Crippen molar-refractivity contribution in [3.63, 3.8) is 0 Å². The second-order valence-electron chi connectivity index (χ2n) is 9.93. The number of Topliss-reactive ketones (excluding diaryl/α,β-unsaturated/α-hetero) is 1. The van der Waals surface area contributed by atoms with Crippen molar-refractivity contribution in [2.24, 2.45) is 0 Å². The van der Waals surface area contributed by atoms with E-state index in [-0.39, 0.29) is 61.8 Å². The molecule has 0 fully saturated rings. The highest BCUT2D eigenvalue weighted by Gasteiger charge is 2.62. The number of ketones is 1. The molecule has 0 aliphatic carbocycles. The van der Waals surface area contributed by atoms with Crippen LogP contribution in [0.4, 0.5) is 0 Å². The number of hydrogen-bond acceptors (Lipinski definition) is 12. The molecule has 2 aliphatic rings. The Bertz CT molecular complexity index is 2080. The molecule has 210 valence electrons. The van der Waals surface area contributed by atoms with E-state index in [0.29, 0.717) is 0 Å². The van der Waals surface area contributed by atoms with Gasteiger partial charge in [-0.05, 0) is 18.2 Å². The zero-order valence-corrected chi connectivity index (χ0v) is 21.0. The fourth-order valence-electron chi connectivity index (χ4n) is 5.73. The average Bonchev–Trinajstić information content (AvgIpc) is 3.22. The average molecular weight is 570 g/mol. The minimum absolute atomic E-state index is 0.00819. The summed E-state index contributed by atoms with van der Waals surface area (Å²) in [6.45, 7) is 0. The van der Waals surface area contributed by atoms with Crippen LogP contribution in [0.5, 0.6) is 51.7 Å². The van der Waals surface area contributed by atoms with Gasteiger partial charge in [0.15, 0.2) is 11.2 Å². The Hall–Kier alpha value is -6.04. The molecule has 1 aromatic heterocycles. The van der Waals surface area contributed by atoms with E-state index in [9.17, 15) is 45.3 Å². The van der Waals surface area contributed by atoms with Crippen LogP contribution in [0.2, 0.25) is 0 Å². The molecule has 2 atom stereocenters. The molecule has 0 unspecified atom stereocenters. The Morgan fingerprint density at radius 2 is 1.31 bits per heavy atom. The van der Waals surface area contributed by atoms with Crippen LogP contribution in [0.3, 0.4) is 0 Å². The molecule has 0 amide bonds. The molecule has 2 aliphatic heterocycles. The van der Waals surface area contributed by atoms with Gasteiger partial charge >= 0.3 is 0 Å². The molecule has 0 bridgehead atoms. The largest absolute Gasteiger partial charge is 0.508 e. The predicted octanol–water partition coefficient (Wildman–Crippen LogP) is 3.68. The maximum Gasteiger partial charge on any atom is 0.262 e. The number of benzene rings is 4. The van der Waals surface area contributed by atoms with Gasteiger partial charge in [0.2, 0.25) is 5.43 Å². The summed E-state index contributed by atoms with van der Waals surface area (Å²) >= 11 is 0. The summed E-state index contributed by atoms with van der Waals surface area (Å²) in [7, 11) is 0. The number of aromatic hydroxyl groups is 7. The van der Waals surface area contributed by atoms with Gasteiger partial charge in [-0.3, -0.25) is 9.59 Å². The Balaban J connectivity index is 1.54. The lowest BCUT2D eigenvalue weighted by Gasteiger charge is -2.38. The van der Waals surface area contributed by atoms with Gasteiger partial charge in [-0.25, -0.2) is 0 Å². The maximum absolute atomic E-state index is 14.4. The first-order valence-electron chi connectivity index (χ1n) is 12.3. The number of rotatable bonds is 2. The summed E-state index contributed by atoms with van der Waals surface area (Å²) in [4.78, 5) is 27.9. The minimum atomic E-state index is -2.05. The quantitative estimate of drug-likeness (QED) is 0.162. The standard InChI is InChI=1S/C30H18O12/c31-11-1-2-16-22(5-11)41-29-30(16,28(39)26-21(37)4-13(33)7-24(26)42-29)17-8-14(18(34)9-19(17)35)15-10-40-23-6-12(32)3-20(36)25(23)27(15)38/h1-10,29,31-37H/t29-,30+/m0/s1. The molecule has 7 rings (SSSR count). The molecule has 5 aromatic rings. The van der Waals surface area contributed by atoms with Crippen molar-refractivity contribution in [1.82, 2.24) is 0 Å². The molecule has 0 saturated carbocycles. The minimum Gasteiger partial charge on any atom is -0.508 e. The van der Waals surface area contributed by atoms with Crippen molar-refractivity contribution in [3.05, 3.63) is 87.8 Å². The smallest absolute Gasteiger partial charge is 0.262 e. The topological polar surface area (TPSA) is 207 Å². The first kappa shape index (κ1) is 25.0. The van der Waals surface area contributed by atoms with E-state index in [4.69, 9.17) is 13.9 Å². The number of phenols is 7. The SMILES string of the molecule is O=C1c2c(O)cc(O)cc2O[C@@H]2Oc3cc(O)ccc3[C@@]12c1cc(-c2coc3cc(O)cc(O)c3c2=O)c(O)cc1O. The zero-order chi connectivity index (χ0) is 29.7. The van der Waals surface area contributed by atoms with Gasteiger partial charge in [0.05, 0.1) is 5.56 Å². The Kier molecular flexibility index (Phi) is 4.90. The molecular formula is C30H18O12. The Labute approximate surface area is 233 Å². The Morgan fingerprint density at radius 1 is 0.619 bits per heavy atom. The van der Waals surface area contributed by atoms with Crippen molar-refractivity contribution < 1.29 is 54.4 Å². The Morgan fingerprint density at radius 3 is 2.10 bits per heavy atom. The number of carbonyl (C=O) groups excluding carboxylic acids is 1. The van der Waals surface area contributed by atoms with Gasteiger partial charge in [-0.2, -0.15) is 0 Å². The van der Waals surface area contributed by atoms with Crippen LogP contribution < -0.4 is 14.9 Å². The van der Waals surface area contributed by atoms with Crippen molar-refractivity contribution in [2.45, 2.75) is 11.7 Å². The van der Waals surface area contributed by atoms with Crippen LogP contribution in [0, 0.1) is 0 Å². The van der Waals surface area contributed by atoms with Gasteiger partial charge in [0.25, 0.3) is 6.29 Å². The van der Waals surface area contributed by atoms with Gasteiger partial charge < -0.3 is 49.6 Å². The van der Waals surface area contributed by atoms with Crippen LogP contribution >= 0.6 is 0 Å². The van der Waals surface area contributed by atoms with Crippen LogP contribution in [0.15, 0.2) is 70.1 Å². The van der Waals surface area contributed by atoms with Gasteiger partial charge in [0, 0.05) is 53.1 Å². The summed E-state index contributed by atoms with van der Waals surface area (Å²) in [6, 6.07) is 10.0. The van der Waals surface area contributed by atoms with E-state index in [2.05, 4.69) is 0 Å². The fourth-order valence-corrected chi connectivity index (χ4v) is 5.73. The van der Waals surface area contributed by atoms with Gasteiger partial charge in [-0.15, -0.1) is 0 Å². The number of carbonyl (C=O) groups is 1. The summed E-state index contributed by atoms with van der Waals surface area (Å²) in [5.74, 6) is -4.36. The molecule has 42 heavy (non-hydrogen) atoms. The predicted molar refractivity (Wildman–Crippen MR) is 143 cm³/mol. The molecule has 12 nitrogen and oxygen atoms in total. The van der Waals surface area contributed by atoms with E-state index in [0.717, 1.165) is 42.7 Å². The summed E-state index contributed by atoms with van der Waals surface area (Å²) in [6.07, 6.45) is -0.562. The number of fused-ring (bicyclic) bond motifs is 5. The highest BCUT2D eigenvalue weighted by molar-refractivity contribution is 6.13. The lowest BCUT2D eigenvalue weighted by molar-refractivity contribution is -0.0237. The summed E-state index contributed by atoms with van der Waals surface area (Å²) in [5, 5.41) is 72.6. The summed E-state index contributed by atoms with van der Waals surface area (Å²) in [5.41, 5.74) is -3.88. The van der Waals surface area contributed by atoms with E-state index in [1.807, 2.05) is 0 Å². The van der Waals surface area contributed by atoms with E-state index in [1.165, 1.54) is 18.2 Å². The maximum atomic E-state index is 14.4. The lowest BCUT2D eigenvalue weighted by Crippen LogP contribution is -2.52. The highest BCUT2D eigenvalue weighted by Crippen LogP contribution is 2.58. The van der Waals surface area contributed by atoms with Gasteiger partial charge in [-0.1, -0.05) is 0 Å². The second kappa shape index (κ2) is 8.24. The van der Waals surface area contributed by atoms with Crippen molar-refractivity contribution >= 4 is 16.8 Å². The molecule has 12 heteroatoms. The van der Waals surface area contributed by atoms with Crippen LogP contribution in [-0.4, -0.2) is 47.8 Å². The molecule has 3 heterocycles. The molecule has 4 aromatic carbocycles. The number of hydrogen-bond donors (Lipinski definition) is 7.